The quantitative estimate of drug-likeness (QED) is 0.756. The fourth-order valence-corrected chi connectivity index (χ4v) is 2.14. The number of hydrogen-bond acceptors (Lipinski definition) is 2. The van der Waals surface area contributed by atoms with Gasteiger partial charge in [0.2, 0.25) is 0 Å². The summed E-state index contributed by atoms with van der Waals surface area (Å²) in [5.41, 5.74) is 0.126. The van der Waals surface area contributed by atoms with E-state index in [2.05, 4.69) is 20.9 Å². The monoisotopic (exact) mass is 343 g/mol. The SMILES string of the molecule is Cc1cncc(C(=O)c2cc(C(F)(F)F)ccc2Br)c1. The third-order valence-electron chi connectivity index (χ3n) is 2.68. The lowest BCUT2D eigenvalue weighted by atomic mass is 10.0. The molecule has 20 heavy (non-hydrogen) atoms. The van der Waals surface area contributed by atoms with Crippen molar-refractivity contribution in [3.63, 3.8) is 0 Å². The molecule has 0 saturated carbocycles. The average molecular weight is 344 g/mol. The lowest BCUT2D eigenvalue weighted by Crippen LogP contribution is -2.09. The Kier molecular flexibility index (Phi) is 3.94. The summed E-state index contributed by atoms with van der Waals surface area (Å²) in [4.78, 5) is 16.1. The van der Waals surface area contributed by atoms with Crippen LogP contribution < -0.4 is 0 Å². The number of benzene rings is 1. The van der Waals surface area contributed by atoms with Gasteiger partial charge in [0.25, 0.3) is 0 Å². The van der Waals surface area contributed by atoms with Crippen LogP contribution in [0.2, 0.25) is 0 Å². The number of pyridine rings is 1. The lowest BCUT2D eigenvalue weighted by Gasteiger charge is -2.10. The molecule has 2 aromatic rings. The predicted octanol–water partition coefficient (Wildman–Crippen LogP) is 4.40. The maximum absolute atomic E-state index is 12.7. The first-order chi connectivity index (χ1) is 9.29. The second-order valence-corrected chi connectivity index (χ2v) is 5.13. The normalized spacial score (nSPS) is 11.4. The van der Waals surface area contributed by atoms with E-state index in [-0.39, 0.29) is 11.1 Å². The van der Waals surface area contributed by atoms with Crippen LogP contribution in [0.5, 0.6) is 0 Å². The highest BCUT2D eigenvalue weighted by Gasteiger charge is 2.31. The smallest absolute Gasteiger partial charge is 0.289 e. The minimum absolute atomic E-state index is 0.0350. The molecular formula is C14H9BrF3NO. The predicted molar refractivity (Wildman–Crippen MR) is 71.6 cm³/mol. The summed E-state index contributed by atoms with van der Waals surface area (Å²) < 4.78 is 38.4. The molecule has 0 radical (unpaired) electrons. The summed E-state index contributed by atoms with van der Waals surface area (Å²) in [6.07, 6.45) is -1.58. The number of hydrogen-bond donors (Lipinski definition) is 0. The number of alkyl halides is 3. The highest BCUT2D eigenvalue weighted by Crippen LogP contribution is 2.32. The largest absolute Gasteiger partial charge is 0.416 e. The zero-order valence-electron chi connectivity index (χ0n) is 10.3. The number of aromatic nitrogens is 1. The summed E-state index contributed by atoms with van der Waals surface area (Å²) in [7, 11) is 0. The number of halogens is 4. The first kappa shape index (κ1) is 14.7. The van der Waals surface area contributed by atoms with E-state index in [0.717, 1.165) is 17.7 Å². The number of nitrogens with zero attached hydrogens (tertiary/aromatic N) is 1. The van der Waals surface area contributed by atoms with E-state index in [1.54, 1.807) is 19.2 Å². The Morgan fingerprint density at radius 3 is 2.50 bits per heavy atom. The van der Waals surface area contributed by atoms with Gasteiger partial charge in [0.05, 0.1) is 5.56 Å². The molecule has 0 fully saturated rings. The molecule has 0 unspecified atom stereocenters. The van der Waals surface area contributed by atoms with E-state index in [1.807, 2.05) is 0 Å². The molecule has 1 aromatic carbocycles. The van der Waals surface area contributed by atoms with Crippen molar-refractivity contribution in [2.24, 2.45) is 0 Å². The van der Waals surface area contributed by atoms with Gasteiger partial charge in [-0.25, -0.2) is 0 Å². The van der Waals surface area contributed by atoms with Crippen molar-refractivity contribution in [1.82, 2.24) is 4.98 Å². The van der Waals surface area contributed by atoms with Crippen molar-refractivity contribution in [2.45, 2.75) is 13.1 Å². The third kappa shape index (κ3) is 3.07. The van der Waals surface area contributed by atoms with Gasteiger partial charge in [0, 0.05) is 28.0 Å². The molecule has 0 N–H and O–H groups in total. The van der Waals surface area contributed by atoms with Crippen molar-refractivity contribution in [3.05, 3.63) is 63.4 Å². The van der Waals surface area contributed by atoms with Gasteiger partial charge < -0.3 is 0 Å². The topological polar surface area (TPSA) is 30.0 Å². The number of rotatable bonds is 2. The number of aryl methyl sites for hydroxylation is 1. The molecular weight excluding hydrogens is 335 g/mol. The molecule has 1 heterocycles. The van der Waals surface area contributed by atoms with Crippen molar-refractivity contribution in [2.75, 3.05) is 0 Å². The van der Waals surface area contributed by atoms with Crippen LogP contribution in [0, 0.1) is 6.92 Å². The molecule has 6 heteroatoms. The molecule has 0 spiro atoms. The summed E-state index contributed by atoms with van der Waals surface area (Å²) in [5, 5.41) is 0. The van der Waals surface area contributed by atoms with Crippen LogP contribution in [0.25, 0.3) is 0 Å². The minimum atomic E-state index is -4.49. The van der Waals surface area contributed by atoms with Crippen LogP contribution in [0.15, 0.2) is 41.1 Å². The number of carbonyl (C=O) groups excluding carboxylic acids is 1. The Morgan fingerprint density at radius 1 is 1.20 bits per heavy atom. The van der Waals surface area contributed by atoms with Crippen LogP contribution in [-0.4, -0.2) is 10.8 Å². The number of ketones is 1. The van der Waals surface area contributed by atoms with Crippen molar-refractivity contribution in [1.29, 1.82) is 0 Å². The zero-order valence-corrected chi connectivity index (χ0v) is 11.9. The maximum atomic E-state index is 12.7. The molecule has 0 saturated heterocycles. The molecule has 2 nitrogen and oxygen atoms in total. The Labute approximate surface area is 121 Å². The fourth-order valence-electron chi connectivity index (χ4n) is 1.71. The van der Waals surface area contributed by atoms with E-state index < -0.39 is 17.5 Å². The lowest BCUT2D eigenvalue weighted by molar-refractivity contribution is -0.137. The van der Waals surface area contributed by atoms with Crippen LogP contribution in [-0.2, 0) is 6.18 Å². The fraction of sp³-hybridized carbons (Fsp3) is 0.143. The Hall–Kier alpha value is -1.69. The average Bonchev–Trinajstić information content (AvgIpc) is 2.37. The Bertz CT molecular complexity index is 668. The van der Waals surface area contributed by atoms with Crippen LogP contribution in [0.3, 0.4) is 0 Å². The second kappa shape index (κ2) is 5.36. The molecule has 0 aliphatic heterocycles. The van der Waals surface area contributed by atoms with Gasteiger partial charge in [-0.3, -0.25) is 9.78 Å². The summed E-state index contributed by atoms with van der Waals surface area (Å²) in [6.45, 7) is 1.75. The van der Waals surface area contributed by atoms with E-state index in [9.17, 15) is 18.0 Å². The van der Waals surface area contributed by atoms with E-state index in [1.165, 1.54) is 12.3 Å². The van der Waals surface area contributed by atoms with Crippen molar-refractivity contribution >= 4 is 21.7 Å². The summed E-state index contributed by atoms with van der Waals surface area (Å²) in [6, 6.07) is 4.57. The van der Waals surface area contributed by atoms with Crippen LogP contribution in [0.1, 0.15) is 27.0 Å². The Morgan fingerprint density at radius 2 is 1.90 bits per heavy atom. The second-order valence-electron chi connectivity index (χ2n) is 4.27. The van der Waals surface area contributed by atoms with Gasteiger partial charge in [-0.15, -0.1) is 0 Å². The van der Waals surface area contributed by atoms with Gasteiger partial charge in [0.15, 0.2) is 5.78 Å². The number of carbonyl (C=O) groups is 1. The van der Waals surface area contributed by atoms with Crippen molar-refractivity contribution in [3.8, 4) is 0 Å². The minimum Gasteiger partial charge on any atom is -0.289 e. The van der Waals surface area contributed by atoms with Crippen LogP contribution >= 0.6 is 15.9 Å². The van der Waals surface area contributed by atoms with Gasteiger partial charge in [-0.2, -0.15) is 13.2 Å². The molecule has 0 bridgehead atoms. The third-order valence-corrected chi connectivity index (χ3v) is 3.37. The van der Waals surface area contributed by atoms with E-state index in [0.29, 0.717) is 4.47 Å². The Balaban J connectivity index is 2.49. The highest BCUT2D eigenvalue weighted by molar-refractivity contribution is 9.10. The molecule has 1 aromatic heterocycles. The molecule has 2 rings (SSSR count). The first-order valence-electron chi connectivity index (χ1n) is 5.62. The molecule has 0 atom stereocenters. The van der Waals surface area contributed by atoms with Gasteiger partial charge in [0.1, 0.15) is 0 Å². The van der Waals surface area contributed by atoms with E-state index in [4.69, 9.17) is 0 Å². The summed E-state index contributed by atoms with van der Waals surface area (Å²) in [5.74, 6) is -0.501. The summed E-state index contributed by atoms with van der Waals surface area (Å²) >= 11 is 3.11. The zero-order chi connectivity index (χ0) is 14.9. The van der Waals surface area contributed by atoms with Crippen LogP contribution in [0.4, 0.5) is 13.2 Å². The maximum Gasteiger partial charge on any atom is 0.416 e. The van der Waals surface area contributed by atoms with Crippen molar-refractivity contribution < 1.29 is 18.0 Å². The van der Waals surface area contributed by atoms with Gasteiger partial charge >= 0.3 is 6.18 Å². The molecule has 0 aliphatic rings. The standard InChI is InChI=1S/C14H9BrF3NO/c1-8-4-9(7-19-6-8)13(20)11-5-10(14(16,17)18)2-3-12(11)15/h2-7H,1H3. The first-order valence-corrected chi connectivity index (χ1v) is 6.41. The molecule has 0 amide bonds. The molecule has 104 valence electrons. The van der Waals surface area contributed by atoms with Gasteiger partial charge in [-0.1, -0.05) is 15.9 Å². The highest BCUT2D eigenvalue weighted by atomic mass is 79.9. The van der Waals surface area contributed by atoms with Gasteiger partial charge in [-0.05, 0) is 36.8 Å². The van der Waals surface area contributed by atoms with E-state index >= 15 is 0 Å². The molecule has 0 aliphatic carbocycles.